The molecule has 5 rings (SSSR count). The smallest absolute Gasteiger partial charge is 0.268 e. The van der Waals surface area contributed by atoms with Crippen LogP contribution in [-0.4, -0.2) is 79.4 Å². The van der Waals surface area contributed by atoms with E-state index in [0.717, 1.165) is 25.7 Å². The first-order valence-corrected chi connectivity index (χ1v) is 18.4. The molecule has 3 heterocycles. The number of fused-ring (bicyclic) bond motifs is 1. The van der Waals surface area contributed by atoms with Crippen molar-refractivity contribution in [1.82, 2.24) is 24.8 Å². The summed E-state index contributed by atoms with van der Waals surface area (Å²) < 4.78 is 45.3. The molecule has 1 saturated heterocycles. The van der Waals surface area contributed by atoms with Crippen LogP contribution in [0.25, 0.3) is 11.0 Å². The number of amides is 1. The Balaban J connectivity index is 0.000000501. The van der Waals surface area contributed by atoms with Crippen LogP contribution in [0.2, 0.25) is 25.7 Å². The lowest BCUT2D eigenvalue weighted by atomic mass is 10.3. The van der Waals surface area contributed by atoms with E-state index in [9.17, 15) is 13.6 Å². The number of nitrogen functional groups attached to an aromatic ring is 2. The van der Waals surface area contributed by atoms with E-state index < -0.39 is 13.9 Å². The second-order valence-corrected chi connectivity index (χ2v) is 17.4. The van der Waals surface area contributed by atoms with Crippen LogP contribution in [0.5, 0.6) is 11.6 Å². The van der Waals surface area contributed by atoms with Crippen molar-refractivity contribution in [2.45, 2.75) is 32.4 Å². The minimum Gasteiger partial charge on any atom is -0.435 e. The Morgan fingerprint density at radius 1 is 1.02 bits per heavy atom. The fraction of sp³-hybridized carbons (Fsp3) is 0.387. The van der Waals surface area contributed by atoms with Crippen molar-refractivity contribution in [2.75, 3.05) is 57.5 Å². The number of carbonyl (C=O) groups is 1. The SMILES string of the molecule is C[Si](C)(C)CCOCn1c(C(=O)NCCN2CCOCC2)cc2c(Oc3ccc(N)cc3F)ncnc21.Nc1ccc(F)cc1. The summed E-state index contributed by atoms with van der Waals surface area (Å²) in [5.74, 6) is -1.01. The molecule has 0 aliphatic carbocycles. The number of carbonyl (C=O) groups excluding carboxylic acids is 1. The lowest BCUT2D eigenvalue weighted by molar-refractivity contribution is 0.0382. The number of nitrogens with two attached hydrogens (primary N) is 2. The number of anilines is 2. The van der Waals surface area contributed by atoms with Gasteiger partial charge in [0.05, 0.1) is 18.6 Å². The molecule has 1 amide bonds. The number of rotatable bonds is 11. The summed E-state index contributed by atoms with van der Waals surface area (Å²) in [7, 11) is -1.28. The molecule has 14 heteroatoms. The van der Waals surface area contributed by atoms with Crippen molar-refractivity contribution < 1.29 is 27.8 Å². The van der Waals surface area contributed by atoms with Gasteiger partial charge < -0.3 is 31.0 Å². The number of hydrogen-bond donors (Lipinski definition) is 3. The zero-order chi connectivity index (χ0) is 32.4. The van der Waals surface area contributed by atoms with E-state index >= 15 is 0 Å². The normalized spacial score (nSPS) is 13.7. The molecule has 0 unspecified atom stereocenters. The van der Waals surface area contributed by atoms with Crippen molar-refractivity contribution in [2.24, 2.45) is 0 Å². The summed E-state index contributed by atoms with van der Waals surface area (Å²) in [4.78, 5) is 24.1. The van der Waals surface area contributed by atoms with E-state index in [0.29, 0.717) is 48.8 Å². The summed E-state index contributed by atoms with van der Waals surface area (Å²) in [6.45, 7) is 11.9. The van der Waals surface area contributed by atoms with Gasteiger partial charge in [0.1, 0.15) is 30.2 Å². The highest BCUT2D eigenvalue weighted by Crippen LogP contribution is 2.31. The van der Waals surface area contributed by atoms with Gasteiger partial charge in [0.15, 0.2) is 11.6 Å². The molecule has 11 nitrogen and oxygen atoms in total. The van der Waals surface area contributed by atoms with Gasteiger partial charge in [-0.1, -0.05) is 19.6 Å². The van der Waals surface area contributed by atoms with E-state index in [2.05, 4.69) is 39.8 Å². The molecule has 5 N–H and O–H groups in total. The third-order valence-corrected chi connectivity index (χ3v) is 8.66. The van der Waals surface area contributed by atoms with Crippen LogP contribution < -0.4 is 21.5 Å². The number of aromatic nitrogens is 3. The standard InChI is InChI=1S/C25H35FN6O4Si.C6H6FN/c1-37(2,3)13-12-35-17-32-21(24(33)28-6-7-31-8-10-34-11-9-31)15-19-23(32)29-16-30-25(19)36-22-5-4-18(27)14-20(22)26;7-5-1-3-6(8)4-2-5/h4-5,14-16H,6-13,17,27H2,1-3H3,(H,28,33);1-4H,8H2. The van der Waals surface area contributed by atoms with E-state index in [1.165, 1.54) is 42.7 Å². The lowest BCUT2D eigenvalue weighted by Gasteiger charge is -2.26. The van der Waals surface area contributed by atoms with E-state index in [4.69, 9.17) is 25.7 Å². The van der Waals surface area contributed by atoms with Gasteiger partial charge in [-0.25, -0.2) is 18.7 Å². The molecular formula is C31H41F2N7O4Si. The monoisotopic (exact) mass is 641 g/mol. The zero-order valence-electron chi connectivity index (χ0n) is 25.9. The molecular weight excluding hydrogens is 600 g/mol. The quantitative estimate of drug-likeness (QED) is 0.120. The van der Waals surface area contributed by atoms with Crippen molar-refractivity contribution in [3.63, 3.8) is 0 Å². The second-order valence-electron chi connectivity index (χ2n) is 11.8. The lowest BCUT2D eigenvalue weighted by Crippen LogP contribution is -2.41. The average molecular weight is 642 g/mol. The molecule has 0 spiro atoms. The van der Waals surface area contributed by atoms with Gasteiger partial charge >= 0.3 is 0 Å². The minimum absolute atomic E-state index is 0.0233. The molecule has 1 fully saturated rings. The number of hydrogen-bond acceptors (Lipinski definition) is 9. The Bertz CT molecular complexity index is 1540. The Morgan fingerprint density at radius 2 is 1.73 bits per heavy atom. The number of halogens is 2. The van der Waals surface area contributed by atoms with Crippen molar-refractivity contribution in [1.29, 1.82) is 0 Å². The molecule has 4 aromatic rings. The highest BCUT2D eigenvalue weighted by Gasteiger charge is 2.22. The first-order valence-electron chi connectivity index (χ1n) is 14.7. The van der Waals surface area contributed by atoms with Gasteiger partial charge in [0.2, 0.25) is 5.88 Å². The molecule has 2 aromatic carbocycles. The number of ether oxygens (including phenoxy) is 3. The molecule has 0 bridgehead atoms. The summed E-state index contributed by atoms with van der Waals surface area (Å²) >= 11 is 0. The highest BCUT2D eigenvalue weighted by atomic mass is 28.3. The predicted molar refractivity (Wildman–Crippen MR) is 173 cm³/mol. The van der Waals surface area contributed by atoms with Gasteiger partial charge in [-0.3, -0.25) is 14.3 Å². The largest absolute Gasteiger partial charge is 0.435 e. The number of nitrogens with zero attached hydrogens (tertiary/aromatic N) is 4. The first kappa shape index (κ1) is 33.8. The first-order chi connectivity index (χ1) is 21.5. The number of nitrogens with one attached hydrogen (secondary N) is 1. The summed E-state index contributed by atoms with van der Waals surface area (Å²) in [6.07, 6.45) is 1.32. The van der Waals surface area contributed by atoms with Crippen LogP contribution in [0.3, 0.4) is 0 Å². The Kier molecular flexibility index (Phi) is 11.8. The van der Waals surface area contributed by atoms with Crippen molar-refractivity contribution in [3.8, 4) is 11.6 Å². The van der Waals surface area contributed by atoms with Gasteiger partial charge in [-0.2, -0.15) is 0 Å². The number of benzene rings is 2. The maximum atomic E-state index is 14.4. The van der Waals surface area contributed by atoms with Crippen LogP contribution in [0.4, 0.5) is 20.2 Å². The molecule has 45 heavy (non-hydrogen) atoms. The predicted octanol–water partition coefficient (Wildman–Crippen LogP) is 4.73. The molecule has 242 valence electrons. The van der Waals surface area contributed by atoms with Crippen LogP contribution >= 0.6 is 0 Å². The maximum absolute atomic E-state index is 14.4. The van der Waals surface area contributed by atoms with E-state index in [1.807, 2.05) is 0 Å². The minimum atomic E-state index is -1.28. The highest BCUT2D eigenvalue weighted by molar-refractivity contribution is 6.76. The Morgan fingerprint density at radius 3 is 2.40 bits per heavy atom. The van der Waals surface area contributed by atoms with Crippen LogP contribution in [-0.2, 0) is 16.2 Å². The fourth-order valence-corrected chi connectivity index (χ4v) is 5.14. The third kappa shape index (κ3) is 10.2. The van der Waals surface area contributed by atoms with E-state index in [-0.39, 0.29) is 35.8 Å². The topological polar surface area (TPSA) is 143 Å². The third-order valence-electron chi connectivity index (χ3n) is 6.95. The van der Waals surface area contributed by atoms with Gasteiger partial charge in [0, 0.05) is 58.3 Å². The maximum Gasteiger partial charge on any atom is 0.268 e. The second kappa shape index (κ2) is 15.7. The molecule has 0 saturated carbocycles. The summed E-state index contributed by atoms with van der Waals surface area (Å²) in [5, 5.41) is 3.47. The molecule has 0 atom stereocenters. The van der Waals surface area contributed by atoms with Crippen LogP contribution in [0, 0.1) is 11.6 Å². The van der Waals surface area contributed by atoms with Gasteiger partial charge in [-0.05, 0) is 48.5 Å². The zero-order valence-corrected chi connectivity index (χ0v) is 26.9. The van der Waals surface area contributed by atoms with Crippen molar-refractivity contribution in [3.05, 3.63) is 72.2 Å². The molecule has 2 aromatic heterocycles. The molecule has 0 radical (unpaired) electrons. The summed E-state index contributed by atoms with van der Waals surface area (Å²) in [5.41, 5.74) is 12.6. The van der Waals surface area contributed by atoms with Crippen LogP contribution in [0.1, 0.15) is 10.5 Å². The number of morpholine rings is 1. The van der Waals surface area contributed by atoms with Crippen LogP contribution in [0.15, 0.2) is 54.9 Å². The summed E-state index contributed by atoms with van der Waals surface area (Å²) in [6, 6.07) is 12.5. The fourth-order valence-electron chi connectivity index (χ4n) is 4.38. The van der Waals surface area contributed by atoms with Crippen molar-refractivity contribution >= 4 is 36.4 Å². The Labute approximate surface area is 262 Å². The van der Waals surface area contributed by atoms with Gasteiger partial charge in [0.25, 0.3) is 5.91 Å². The van der Waals surface area contributed by atoms with Gasteiger partial charge in [-0.15, -0.1) is 0 Å². The average Bonchev–Trinajstić information content (AvgIpc) is 3.38. The molecule has 1 aliphatic rings. The molecule has 1 aliphatic heterocycles. The van der Waals surface area contributed by atoms with E-state index in [1.54, 1.807) is 16.7 Å². The Hall–Kier alpha value is -4.11.